The van der Waals surface area contributed by atoms with E-state index in [1.807, 2.05) is 60.7 Å². The number of aliphatic carboxylic acids is 1. The van der Waals surface area contributed by atoms with Crippen molar-refractivity contribution >= 4 is 17.8 Å². The smallest absolute Gasteiger partial charge is 0.326 e. The molecule has 8 nitrogen and oxygen atoms in total. The summed E-state index contributed by atoms with van der Waals surface area (Å²) >= 11 is 0. The molecule has 5 N–H and O–H groups in total. The third-order valence-corrected chi connectivity index (χ3v) is 5.49. The lowest BCUT2D eigenvalue weighted by Gasteiger charge is -2.33. The number of aliphatic imine (C=N–C) groups is 1. The number of carbonyl (C=O) groups excluding carboxylic acids is 1. The summed E-state index contributed by atoms with van der Waals surface area (Å²) in [5, 5.41) is 10.1. The molecule has 3 rings (SSSR count). The van der Waals surface area contributed by atoms with Gasteiger partial charge in [-0.2, -0.15) is 0 Å². The van der Waals surface area contributed by atoms with E-state index >= 15 is 0 Å². The summed E-state index contributed by atoms with van der Waals surface area (Å²) < 4.78 is 0. The average molecular weight is 460 g/mol. The minimum atomic E-state index is -1.08. The van der Waals surface area contributed by atoms with Crippen LogP contribution in [-0.4, -0.2) is 45.4 Å². The molecule has 8 heteroatoms. The minimum Gasteiger partial charge on any atom is -0.480 e. The highest BCUT2D eigenvalue weighted by molar-refractivity contribution is 5.90. The van der Waals surface area contributed by atoms with Crippen LogP contribution in [0.4, 0.5) is 0 Å². The van der Waals surface area contributed by atoms with Crippen LogP contribution in [0.1, 0.15) is 35.4 Å². The van der Waals surface area contributed by atoms with E-state index in [2.05, 4.69) is 9.98 Å². The Hall–Kier alpha value is -4.20. The molecule has 1 amide bonds. The zero-order valence-corrected chi connectivity index (χ0v) is 18.8. The van der Waals surface area contributed by atoms with E-state index in [1.54, 1.807) is 24.5 Å². The number of carboxylic acid groups (broad SMARTS) is 1. The van der Waals surface area contributed by atoms with Crippen LogP contribution < -0.4 is 11.5 Å². The van der Waals surface area contributed by atoms with Gasteiger partial charge in [-0.1, -0.05) is 60.7 Å². The lowest BCUT2D eigenvalue weighted by molar-refractivity contribution is -0.151. The molecule has 34 heavy (non-hydrogen) atoms. The maximum absolute atomic E-state index is 14.1. The van der Waals surface area contributed by atoms with E-state index in [4.69, 9.17) is 11.5 Å². The van der Waals surface area contributed by atoms with Crippen molar-refractivity contribution < 1.29 is 14.7 Å². The quantitative estimate of drug-likeness (QED) is 0.229. The molecule has 0 aliphatic carbocycles. The fraction of sp³-hybridized carbons (Fsp3) is 0.231. The Morgan fingerprint density at radius 1 is 0.912 bits per heavy atom. The van der Waals surface area contributed by atoms with E-state index in [0.29, 0.717) is 6.42 Å². The number of carboxylic acids is 1. The number of amides is 1. The van der Waals surface area contributed by atoms with Gasteiger partial charge in [0.05, 0.1) is 5.92 Å². The predicted molar refractivity (Wildman–Crippen MR) is 131 cm³/mol. The molecular formula is C26H29N5O3. The van der Waals surface area contributed by atoms with Gasteiger partial charge in [0.2, 0.25) is 5.91 Å². The molecule has 2 aromatic carbocycles. The SMILES string of the molecule is NC(N)=NCCC[C@H](C(=O)O)N(Cc1ccncc1)C(=O)C(c1ccccc1)c1ccccc1. The van der Waals surface area contributed by atoms with Gasteiger partial charge < -0.3 is 21.5 Å². The van der Waals surface area contributed by atoms with Crippen LogP contribution in [0, 0.1) is 0 Å². The molecule has 0 radical (unpaired) electrons. The van der Waals surface area contributed by atoms with E-state index < -0.39 is 17.9 Å². The number of nitrogens with zero attached hydrogens (tertiary/aromatic N) is 3. The standard InChI is InChI=1S/C26H29N5O3/c27-26(28)30-15-7-12-22(25(33)34)31(18-19-13-16-29-17-14-19)24(32)23(20-8-3-1-4-9-20)21-10-5-2-6-11-21/h1-6,8-11,13-14,16-17,22-23H,7,12,15,18H2,(H,33,34)(H4,27,28,30)/t22-/m1/s1. The molecule has 0 unspecified atom stereocenters. The van der Waals surface area contributed by atoms with Crippen LogP contribution in [0.3, 0.4) is 0 Å². The van der Waals surface area contributed by atoms with E-state index in [9.17, 15) is 14.7 Å². The molecule has 1 heterocycles. The molecule has 0 fully saturated rings. The number of pyridine rings is 1. The van der Waals surface area contributed by atoms with E-state index in [-0.39, 0.29) is 31.4 Å². The molecule has 0 aliphatic heterocycles. The predicted octanol–water partition coefficient (Wildman–Crippen LogP) is 2.75. The van der Waals surface area contributed by atoms with E-state index in [1.165, 1.54) is 4.90 Å². The number of guanidine groups is 1. The maximum atomic E-state index is 14.1. The van der Waals surface area contributed by atoms with Gasteiger partial charge >= 0.3 is 5.97 Å². The third-order valence-electron chi connectivity index (χ3n) is 5.49. The Morgan fingerprint density at radius 3 is 1.97 bits per heavy atom. The Kier molecular flexibility index (Phi) is 8.73. The third kappa shape index (κ3) is 6.65. The van der Waals surface area contributed by atoms with Crippen LogP contribution in [0.25, 0.3) is 0 Å². The molecule has 176 valence electrons. The molecular weight excluding hydrogens is 430 g/mol. The molecule has 0 spiro atoms. The average Bonchev–Trinajstić information content (AvgIpc) is 2.85. The summed E-state index contributed by atoms with van der Waals surface area (Å²) in [6.07, 6.45) is 3.87. The van der Waals surface area contributed by atoms with E-state index in [0.717, 1.165) is 16.7 Å². The van der Waals surface area contributed by atoms with Crippen molar-refractivity contribution in [2.75, 3.05) is 6.54 Å². The number of nitrogens with two attached hydrogens (primary N) is 2. The first-order chi connectivity index (χ1) is 16.5. The largest absolute Gasteiger partial charge is 0.480 e. The van der Waals surface area contributed by atoms with Crippen LogP contribution in [-0.2, 0) is 16.1 Å². The fourth-order valence-corrected chi connectivity index (χ4v) is 3.87. The van der Waals surface area contributed by atoms with Crippen molar-refractivity contribution in [1.82, 2.24) is 9.88 Å². The van der Waals surface area contributed by atoms with Gasteiger partial charge in [0.1, 0.15) is 6.04 Å². The number of benzene rings is 2. The molecule has 0 saturated heterocycles. The van der Waals surface area contributed by atoms with Gasteiger partial charge in [0.15, 0.2) is 5.96 Å². The van der Waals surface area contributed by atoms with Crippen molar-refractivity contribution in [2.24, 2.45) is 16.5 Å². The fourth-order valence-electron chi connectivity index (χ4n) is 3.87. The summed E-state index contributed by atoms with van der Waals surface area (Å²) in [6, 6.07) is 21.3. The normalized spacial score (nSPS) is 11.6. The summed E-state index contributed by atoms with van der Waals surface area (Å²) in [5.74, 6) is -2.07. The monoisotopic (exact) mass is 459 g/mol. The second-order valence-corrected chi connectivity index (χ2v) is 7.88. The molecule has 1 atom stereocenters. The van der Waals surface area contributed by atoms with Crippen molar-refractivity contribution in [2.45, 2.75) is 31.3 Å². The highest BCUT2D eigenvalue weighted by atomic mass is 16.4. The van der Waals surface area contributed by atoms with Gasteiger partial charge in [-0.15, -0.1) is 0 Å². The highest BCUT2D eigenvalue weighted by Crippen LogP contribution is 2.29. The van der Waals surface area contributed by atoms with Crippen molar-refractivity contribution in [1.29, 1.82) is 0 Å². The lowest BCUT2D eigenvalue weighted by Crippen LogP contribution is -2.47. The first-order valence-corrected chi connectivity index (χ1v) is 11.0. The molecule has 1 aromatic heterocycles. The van der Waals surface area contributed by atoms with Gasteiger partial charge in [-0.05, 0) is 41.7 Å². The van der Waals surface area contributed by atoms with Crippen LogP contribution >= 0.6 is 0 Å². The molecule has 0 aliphatic rings. The number of hydrogen-bond acceptors (Lipinski definition) is 4. The Labute approximate surface area is 199 Å². The van der Waals surface area contributed by atoms with Gasteiger partial charge in [-0.3, -0.25) is 14.8 Å². The van der Waals surface area contributed by atoms with Gasteiger partial charge in [0.25, 0.3) is 0 Å². The first-order valence-electron chi connectivity index (χ1n) is 11.0. The number of hydrogen-bond donors (Lipinski definition) is 3. The highest BCUT2D eigenvalue weighted by Gasteiger charge is 2.35. The summed E-state index contributed by atoms with van der Waals surface area (Å²) in [7, 11) is 0. The van der Waals surface area contributed by atoms with Gasteiger partial charge in [-0.25, -0.2) is 4.79 Å². The number of aromatic nitrogens is 1. The molecule has 3 aromatic rings. The Bertz CT molecular complexity index is 1050. The van der Waals surface area contributed by atoms with Crippen molar-refractivity contribution in [3.63, 3.8) is 0 Å². The van der Waals surface area contributed by atoms with Crippen LogP contribution in [0.15, 0.2) is 90.2 Å². The van der Waals surface area contributed by atoms with Crippen LogP contribution in [0.5, 0.6) is 0 Å². The second-order valence-electron chi connectivity index (χ2n) is 7.88. The maximum Gasteiger partial charge on any atom is 0.326 e. The topological polar surface area (TPSA) is 135 Å². The van der Waals surface area contributed by atoms with Crippen molar-refractivity contribution in [3.05, 3.63) is 102 Å². The van der Waals surface area contributed by atoms with Gasteiger partial charge in [0, 0.05) is 25.5 Å². The zero-order valence-electron chi connectivity index (χ0n) is 18.8. The minimum absolute atomic E-state index is 0.0511. The zero-order chi connectivity index (χ0) is 24.3. The number of rotatable bonds is 11. The lowest BCUT2D eigenvalue weighted by atomic mass is 9.89. The first kappa shape index (κ1) is 24.4. The van der Waals surface area contributed by atoms with Crippen molar-refractivity contribution in [3.8, 4) is 0 Å². The molecule has 0 saturated carbocycles. The molecule has 0 bridgehead atoms. The number of carbonyl (C=O) groups is 2. The summed E-state index contributed by atoms with van der Waals surface area (Å²) in [6.45, 7) is 0.418. The summed E-state index contributed by atoms with van der Waals surface area (Å²) in [5.41, 5.74) is 13.2. The van der Waals surface area contributed by atoms with Crippen LogP contribution in [0.2, 0.25) is 0 Å². The Balaban J connectivity index is 2.00. The summed E-state index contributed by atoms with van der Waals surface area (Å²) in [4.78, 5) is 35.9. The Morgan fingerprint density at radius 2 is 1.47 bits per heavy atom. The second kappa shape index (κ2) is 12.2.